The topological polar surface area (TPSA) is 111 Å². The number of nitrogens with zero attached hydrogens (tertiary/aromatic N) is 4. The molecule has 0 aliphatic rings. The number of hydrogen-bond acceptors (Lipinski definition) is 5. The van der Waals surface area contributed by atoms with Gasteiger partial charge in [0.2, 0.25) is 5.91 Å². The van der Waals surface area contributed by atoms with Crippen LogP contribution in [-0.4, -0.2) is 36.5 Å². The van der Waals surface area contributed by atoms with Gasteiger partial charge in [-0.1, -0.05) is 0 Å². The third-order valence-corrected chi connectivity index (χ3v) is 4.05. The Labute approximate surface area is 163 Å². The Morgan fingerprint density at radius 3 is 2.62 bits per heavy atom. The number of hydrogen-bond donors (Lipinski definition) is 2. The first-order valence-corrected chi connectivity index (χ1v) is 8.43. The van der Waals surface area contributed by atoms with Crippen LogP contribution in [-0.2, 0) is 18.1 Å². The van der Waals surface area contributed by atoms with E-state index in [4.69, 9.17) is 9.84 Å². The first-order valence-electron chi connectivity index (χ1n) is 8.43. The van der Waals surface area contributed by atoms with E-state index in [1.807, 2.05) is 0 Å². The Morgan fingerprint density at radius 1 is 1.21 bits per heavy atom. The standard InChI is InChI=1S/C18H17F2N5O4/c1-10-17(21-16(26)8-24-6-5-14(23-24)18(27)28)11(2)25(22-10)9-29-15-4-3-12(19)7-13(15)20/h3-7H,8-9H2,1-2H3,(H,21,26)(H,27,28). The van der Waals surface area contributed by atoms with E-state index in [0.29, 0.717) is 23.1 Å². The Morgan fingerprint density at radius 2 is 1.97 bits per heavy atom. The van der Waals surface area contributed by atoms with Gasteiger partial charge in [-0.15, -0.1) is 0 Å². The van der Waals surface area contributed by atoms with Gasteiger partial charge < -0.3 is 15.2 Å². The number of benzene rings is 1. The van der Waals surface area contributed by atoms with Crippen molar-refractivity contribution in [1.29, 1.82) is 0 Å². The van der Waals surface area contributed by atoms with Crippen molar-refractivity contribution >= 4 is 17.6 Å². The van der Waals surface area contributed by atoms with E-state index in [0.717, 1.165) is 6.07 Å². The van der Waals surface area contributed by atoms with Gasteiger partial charge in [0, 0.05) is 12.3 Å². The van der Waals surface area contributed by atoms with Crippen LogP contribution < -0.4 is 10.1 Å². The number of anilines is 1. The van der Waals surface area contributed by atoms with E-state index in [-0.39, 0.29) is 24.7 Å². The summed E-state index contributed by atoms with van der Waals surface area (Å²) < 4.78 is 34.6. The number of carbonyl (C=O) groups excluding carboxylic acids is 1. The SMILES string of the molecule is Cc1nn(COc2ccc(F)cc2F)c(C)c1NC(=O)Cn1ccc(C(=O)O)n1. The second-order valence-corrected chi connectivity index (χ2v) is 6.15. The number of nitrogens with one attached hydrogen (secondary N) is 1. The van der Waals surface area contributed by atoms with Crippen LogP contribution in [0.1, 0.15) is 21.9 Å². The number of halogens is 2. The van der Waals surface area contributed by atoms with Crippen molar-refractivity contribution in [2.24, 2.45) is 0 Å². The van der Waals surface area contributed by atoms with Crippen LogP contribution in [0.25, 0.3) is 0 Å². The molecule has 0 atom stereocenters. The predicted molar refractivity (Wildman–Crippen MR) is 96.5 cm³/mol. The minimum atomic E-state index is -1.19. The normalized spacial score (nSPS) is 10.8. The molecule has 0 radical (unpaired) electrons. The van der Waals surface area contributed by atoms with Gasteiger partial charge in [-0.3, -0.25) is 9.48 Å². The highest BCUT2D eigenvalue weighted by atomic mass is 19.1. The zero-order valence-electron chi connectivity index (χ0n) is 15.5. The monoisotopic (exact) mass is 405 g/mol. The van der Waals surface area contributed by atoms with Gasteiger partial charge in [0.15, 0.2) is 24.0 Å². The first-order chi connectivity index (χ1) is 13.7. The van der Waals surface area contributed by atoms with Gasteiger partial charge in [-0.25, -0.2) is 18.3 Å². The molecular formula is C18H17F2N5O4. The van der Waals surface area contributed by atoms with Crippen LogP contribution in [0, 0.1) is 25.5 Å². The third-order valence-electron chi connectivity index (χ3n) is 4.05. The molecule has 0 bridgehead atoms. The fourth-order valence-corrected chi connectivity index (χ4v) is 2.62. The lowest BCUT2D eigenvalue weighted by Gasteiger charge is -2.09. The molecule has 3 aromatic rings. The average molecular weight is 405 g/mol. The highest BCUT2D eigenvalue weighted by molar-refractivity contribution is 5.91. The van der Waals surface area contributed by atoms with Crippen molar-refractivity contribution in [3.63, 3.8) is 0 Å². The maximum Gasteiger partial charge on any atom is 0.356 e. The van der Waals surface area contributed by atoms with Crippen molar-refractivity contribution in [3.8, 4) is 5.75 Å². The Hall–Kier alpha value is -3.76. The minimum Gasteiger partial charge on any atom is -0.476 e. The number of ether oxygens (including phenoxy) is 1. The van der Waals surface area contributed by atoms with Gasteiger partial charge in [0.05, 0.1) is 17.1 Å². The number of carboxylic acid groups (broad SMARTS) is 1. The predicted octanol–water partition coefficient (Wildman–Crippen LogP) is 2.35. The summed E-state index contributed by atoms with van der Waals surface area (Å²) in [5, 5.41) is 19.6. The second kappa shape index (κ2) is 8.09. The van der Waals surface area contributed by atoms with E-state index in [1.165, 1.54) is 27.7 Å². The number of rotatable bonds is 7. The fourth-order valence-electron chi connectivity index (χ4n) is 2.62. The summed E-state index contributed by atoms with van der Waals surface area (Å²) in [6, 6.07) is 4.26. The first kappa shape index (κ1) is 20.0. The highest BCUT2D eigenvalue weighted by Crippen LogP contribution is 2.22. The van der Waals surface area contributed by atoms with Crippen molar-refractivity contribution in [3.05, 3.63) is 59.2 Å². The van der Waals surface area contributed by atoms with Crippen molar-refractivity contribution in [1.82, 2.24) is 19.6 Å². The van der Waals surface area contributed by atoms with Crippen LogP contribution in [0.15, 0.2) is 30.5 Å². The molecule has 0 aliphatic heterocycles. The van der Waals surface area contributed by atoms with E-state index < -0.39 is 23.5 Å². The van der Waals surface area contributed by atoms with Crippen molar-refractivity contribution in [2.75, 3.05) is 5.32 Å². The smallest absolute Gasteiger partial charge is 0.356 e. The van der Waals surface area contributed by atoms with E-state index in [2.05, 4.69) is 15.5 Å². The molecule has 152 valence electrons. The molecule has 2 aromatic heterocycles. The van der Waals surface area contributed by atoms with Crippen LogP contribution in [0.5, 0.6) is 5.75 Å². The summed E-state index contributed by atoms with van der Waals surface area (Å²) in [6.07, 6.45) is 1.39. The number of carboxylic acids is 1. The lowest BCUT2D eigenvalue weighted by Crippen LogP contribution is -2.20. The van der Waals surface area contributed by atoms with Crippen LogP contribution in [0.4, 0.5) is 14.5 Å². The molecule has 2 N–H and O–H groups in total. The minimum absolute atomic E-state index is 0.127. The number of aryl methyl sites for hydroxylation is 1. The number of amides is 1. The molecule has 29 heavy (non-hydrogen) atoms. The third kappa shape index (κ3) is 4.57. The zero-order valence-corrected chi connectivity index (χ0v) is 15.5. The number of aromatic carboxylic acids is 1. The van der Waals surface area contributed by atoms with Gasteiger partial charge in [0.1, 0.15) is 12.4 Å². The van der Waals surface area contributed by atoms with Gasteiger partial charge >= 0.3 is 5.97 Å². The van der Waals surface area contributed by atoms with E-state index in [1.54, 1.807) is 13.8 Å². The molecule has 11 heteroatoms. The van der Waals surface area contributed by atoms with Crippen LogP contribution >= 0.6 is 0 Å². The molecule has 0 unspecified atom stereocenters. The number of carbonyl (C=O) groups is 2. The molecule has 0 saturated heterocycles. The zero-order chi connectivity index (χ0) is 21.1. The van der Waals surface area contributed by atoms with Gasteiger partial charge in [-0.05, 0) is 32.0 Å². The molecule has 3 rings (SSSR count). The Balaban J connectivity index is 1.66. The van der Waals surface area contributed by atoms with Crippen LogP contribution in [0.3, 0.4) is 0 Å². The molecule has 9 nitrogen and oxygen atoms in total. The summed E-state index contributed by atoms with van der Waals surface area (Å²) >= 11 is 0. The van der Waals surface area contributed by atoms with Crippen molar-refractivity contribution < 1.29 is 28.2 Å². The van der Waals surface area contributed by atoms with Crippen LogP contribution in [0.2, 0.25) is 0 Å². The van der Waals surface area contributed by atoms with Gasteiger partial charge in [-0.2, -0.15) is 10.2 Å². The Kier molecular flexibility index (Phi) is 5.57. The average Bonchev–Trinajstić information content (AvgIpc) is 3.21. The highest BCUT2D eigenvalue weighted by Gasteiger charge is 2.16. The van der Waals surface area contributed by atoms with Crippen molar-refractivity contribution in [2.45, 2.75) is 27.1 Å². The van der Waals surface area contributed by atoms with Gasteiger partial charge in [0.25, 0.3) is 0 Å². The molecule has 1 amide bonds. The summed E-state index contributed by atoms with van der Waals surface area (Å²) in [5.74, 6) is -3.29. The summed E-state index contributed by atoms with van der Waals surface area (Å²) in [4.78, 5) is 23.1. The molecule has 0 fully saturated rings. The van der Waals surface area contributed by atoms with E-state index in [9.17, 15) is 18.4 Å². The molecule has 0 aliphatic carbocycles. The maximum absolute atomic E-state index is 13.7. The maximum atomic E-state index is 13.7. The Bertz CT molecular complexity index is 1080. The second-order valence-electron chi connectivity index (χ2n) is 6.15. The summed E-state index contributed by atoms with van der Waals surface area (Å²) in [7, 11) is 0. The molecule has 1 aromatic carbocycles. The summed E-state index contributed by atoms with van der Waals surface area (Å²) in [5.41, 5.74) is 1.35. The lowest BCUT2D eigenvalue weighted by atomic mass is 10.3. The molecular weight excluding hydrogens is 388 g/mol. The quantitative estimate of drug-likeness (QED) is 0.624. The molecule has 0 spiro atoms. The number of aromatic nitrogens is 4. The largest absolute Gasteiger partial charge is 0.476 e. The fraction of sp³-hybridized carbons (Fsp3) is 0.222. The summed E-state index contributed by atoms with van der Waals surface area (Å²) in [6.45, 7) is 3.03. The molecule has 0 saturated carbocycles. The lowest BCUT2D eigenvalue weighted by molar-refractivity contribution is -0.116. The van der Waals surface area contributed by atoms with E-state index >= 15 is 0 Å². The molecule has 2 heterocycles.